The smallest absolute Gasteiger partial charge is 0.277 e. The molecule has 1 amide bonds. The molecule has 33 heavy (non-hydrogen) atoms. The van der Waals surface area contributed by atoms with E-state index in [9.17, 15) is 9.59 Å². The maximum Gasteiger partial charge on any atom is 0.277 e. The van der Waals surface area contributed by atoms with Crippen molar-refractivity contribution in [3.8, 4) is 22.1 Å². The first kappa shape index (κ1) is 23.0. The van der Waals surface area contributed by atoms with Gasteiger partial charge in [-0.05, 0) is 49.9 Å². The van der Waals surface area contributed by atoms with Crippen molar-refractivity contribution >= 4 is 17.2 Å². The normalized spacial score (nSPS) is 13.8. The number of nitrogens with zero attached hydrogens (tertiary/aromatic N) is 3. The Labute approximate surface area is 196 Å². The van der Waals surface area contributed by atoms with Gasteiger partial charge < -0.3 is 14.8 Å². The largest absolute Gasteiger partial charge is 0.486 e. The summed E-state index contributed by atoms with van der Waals surface area (Å²) >= 11 is 1.23. The van der Waals surface area contributed by atoms with Crippen LogP contribution in [0.4, 0.5) is 0 Å². The van der Waals surface area contributed by atoms with Crippen LogP contribution in [0.5, 0.6) is 11.5 Å². The molecule has 1 atom stereocenters. The van der Waals surface area contributed by atoms with Crippen LogP contribution in [-0.4, -0.2) is 33.9 Å². The van der Waals surface area contributed by atoms with Gasteiger partial charge >= 0.3 is 0 Å². The fraction of sp³-hybridized carbons (Fsp3) is 0.417. The number of ether oxygens (including phenoxy) is 2. The Morgan fingerprint density at radius 1 is 1.12 bits per heavy atom. The van der Waals surface area contributed by atoms with Crippen LogP contribution in [0.1, 0.15) is 52.1 Å². The number of carbonyl (C=O) groups excluding carboxylic acids is 1. The van der Waals surface area contributed by atoms with Crippen molar-refractivity contribution in [1.29, 1.82) is 0 Å². The third-order valence-corrected chi connectivity index (χ3v) is 6.99. The molecule has 2 aromatic heterocycles. The van der Waals surface area contributed by atoms with Gasteiger partial charge in [-0.2, -0.15) is 5.10 Å². The average molecular weight is 469 g/mol. The summed E-state index contributed by atoms with van der Waals surface area (Å²) in [6, 6.07) is 5.54. The summed E-state index contributed by atoms with van der Waals surface area (Å²) in [6.07, 6.45) is 0. The fourth-order valence-corrected chi connectivity index (χ4v) is 4.97. The van der Waals surface area contributed by atoms with Gasteiger partial charge in [0.15, 0.2) is 11.5 Å². The Morgan fingerprint density at radius 2 is 1.82 bits per heavy atom. The van der Waals surface area contributed by atoms with Gasteiger partial charge in [-0.15, -0.1) is 11.3 Å². The molecule has 1 N–H and O–H groups in total. The van der Waals surface area contributed by atoms with Crippen LogP contribution in [0.15, 0.2) is 23.0 Å². The Bertz CT molecular complexity index is 1280. The quantitative estimate of drug-likeness (QED) is 0.613. The maximum absolute atomic E-state index is 13.3. The first-order chi connectivity index (χ1) is 15.7. The van der Waals surface area contributed by atoms with Crippen molar-refractivity contribution in [3.05, 3.63) is 55.9 Å². The molecule has 1 aromatic carbocycles. The second kappa shape index (κ2) is 8.97. The lowest BCUT2D eigenvalue weighted by molar-refractivity contribution is 0.0928. The Kier molecular flexibility index (Phi) is 6.25. The van der Waals surface area contributed by atoms with Crippen LogP contribution in [0.3, 0.4) is 0 Å². The number of fused-ring (bicyclic) bond motifs is 1. The zero-order chi connectivity index (χ0) is 23.9. The molecule has 0 aliphatic carbocycles. The SMILES string of the molecule is Cc1nc(-c2c(C)c(C)nn(C)c2=O)sc1C(=O)NC(c1ccc2c(c1)OCCO2)C(C)C. The van der Waals surface area contributed by atoms with Crippen LogP contribution in [0.2, 0.25) is 0 Å². The molecule has 3 heterocycles. The van der Waals surface area contributed by atoms with Gasteiger partial charge in [-0.1, -0.05) is 19.9 Å². The summed E-state index contributed by atoms with van der Waals surface area (Å²) in [7, 11) is 1.62. The predicted molar refractivity (Wildman–Crippen MR) is 127 cm³/mol. The minimum atomic E-state index is -0.227. The number of amides is 1. The molecule has 1 aliphatic rings. The molecular weight excluding hydrogens is 440 g/mol. The third kappa shape index (κ3) is 4.37. The van der Waals surface area contributed by atoms with Gasteiger partial charge in [-0.25, -0.2) is 9.67 Å². The van der Waals surface area contributed by atoms with E-state index < -0.39 is 0 Å². The molecule has 0 saturated heterocycles. The van der Waals surface area contributed by atoms with E-state index in [1.54, 1.807) is 14.0 Å². The second-order valence-electron chi connectivity index (χ2n) is 8.55. The van der Waals surface area contributed by atoms with Crippen molar-refractivity contribution in [2.45, 2.75) is 40.7 Å². The van der Waals surface area contributed by atoms with Gasteiger partial charge in [0.1, 0.15) is 23.1 Å². The maximum atomic E-state index is 13.3. The second-order valence-corrected chi connectivity index (χ2v) is 9.55. The van der Waals surface area contributed by atoms with Crippen molar-refractivity contribution < 1.29 is 14.3 Å². The number of rotatable bonds is 5. The van der Waals surface area contributed by atoms with E-state index >= 15 is 0 Å². The zero-order valence-corrected chi connectivity index (χ0v) is 20.5. The van der Waals surface area contributed by atoms with E-state index in [1.807, 2.05) is 32.0 Å². The summed E-state index contributed by atoms with van der Waals surface area (Å²) < 4.78 is 12.6. The summed E-state index contributed by atoms with van der Waals surface area (Å²) in [4.78, 5) is 31.1. The summed E-state index contributed by atoms with van der Waals surface area (Å²) in [5.41, 5.74) is 3.33. The van der Waals surface area contributed by atoms with E-state index in [-0.39, 0.29) is 23.4 Å². The number of hydrogen-bond acceptors (Lipinski definition) is 7. The highest BCUT2D eigenvalue weighted by Crippen LogP contribution is 2.35. The minimum absolute atomic E-state index is 0.140. The van der Waals surface area contributed by atoms with Gasteiger partial charge in [-0.3, -0.25) is 9.59 Å². The number of nitrogens with one attached hydrogen (secondary N) is 1. The van der Waals surface area contributed by atoms with E-state index in [0.29, 0.717) is 45.9 Å². The number of hydrogen-bond donors (Lipinski definition) is 1. The zero-order valence-electron chi connectivity index (χ0n) is 19.7. The highest BCUT2D eigenvalue weighted by Gasteiger charge is 2.25. The molecule has 174 valence electrons. The molecule has 8 nitrogen and oxygen atoms in total. The van der Waals surface area contributed by atoms with Crippen LogP contribution < -0.4 is 20.3 Å². The lowest BCUT2D eigenvalue weighted by atomic mass is 9.95. The molecule has 3 aromatic rings. The lowest BCUT2D eigenvalue weighted by Gasteiger charge is -2.25. The van der Waals surface area contributed by atoms with Crippen LogP contribution >= 0.6 is 11.3 Å². The number of thiazole rings is 1. The molecule has 0 spiro atoms. The van der Waals surface area contributed by atoms with Gasteiger partial charge in [0.2, 0.25) is 0 Å². The molecule has 4 rings (SSSR count). The molecule has 9 heteroatoms. The predicted octanol–water partition coefficient (Wildman–Crippen LogP) is 3.73. The van der Waals surface area contributed by atoms with Crippen molar-refractivity contribution in [2.75, 3.05) is 13.2 Å². The third-order valence-electron chi connectivity index (χ3n) is 5.82. The first-order valence-electron chi connectivity index (χ1n) is 10.9. The highest BCUT2D eigenvalue weighted by molar-refractivity contribution is 7.17. The monoisotopic (exact) mass is 468 g/mol. The van der Waals surface area contributed by atoms with Gasteiger partial charge in [0.05, 0.1) is 23.0 Å². The number of carbonyl (C=O) groups is 1. The molecule has 0 radical (unpaired) electrons. The Morgan fingerprint density at radius 3 is 2.52 bits per heavy atom. The standard InChI is InChI=1S/C24H28N4O4S/c1-12(2)20(16-7-8-17-18(11-16)32-10-9-31-17)26-22(29)21-15(5)25-23(33-21)19-13(3)14(4)27-28(6)24(19)30/h7-8,11-12,20H,9-10H2,1-6H3,(H,26,29). The number of aryl methyl sites for hydroxylation is 3. The van der Waals surface area contributed by atoms with E-state index in [0.717, 1.165) is 16.8 Å². The van der Waals surface area contributed by atoms with Crippen molar-refractivity contribution in [3.63, 3.8) is 0 Å². The molecule has 0 saturated carbocycles. The molecule has 1 unspecified atom stereocenters. The van der Waals surface area contributed by atoms with E-state index in [4.69, 9.17) is 9.47 Å². The summed E-state index contributed by atoms with van der Waals surface area (Å²) in [5, 5.41) is 7.91. The van der Waals surface area contributed by atoms with E-state index in [1.165, 1.54) is 16.0 Å². The summed E-state index contributed by atoms with van der Waals surface area (Å²) in [5.74, 6) is 1.33. The Hall–Kier alpha value is -3.20. The first-order valence-corrected chi connectivity index (χ1v) is 11.7. The number of aromatic nitrogens is 3. The number of benzene rings is 1. The van der Waals surface area contributed by atoms with Crippen molar-refractivity contribution in [2.24, 2.45) is 13.0 Å². The lowest BCUT2D eigenvalue weighted by Crippen LogP contribution is -2.31. The van der Waals surface area contributed by atoms with Gasteiger partial charge in [0.25, 0.3) is 11.5 Å². The van der Waals surface area contributed by atoms with Crippen LogP contribution in [0, 0.1) is 26.7 Å². The molecule has 0 bridgehead atoms. The minimum Gasteiger partial charge on any atom is -0.486 e. The molecule has 1 aliphatic heterocycles. The summed E-state index contributed by atoms with van der Waals surface area (Å²) in [6.45, 7) is 10.6. The van der Waals surface area contributed by atoms with Crippen LogP contribution in [-0.2, 0) is 7.05 Å². The van der Waals surface area contributed by atoms with Crippen LogP contribution in [0.25, 0.3) is 10.6 Å². The highest BCUT2D eigenvalue weighted by atomic mass is 32.1. The fourth-order valence-electron chi connectivity index (χ4n) is 3.91. The van der Waals surface area contributed by atoms with Crippen molar-refractivity contribution in [1.82, 2.24) is 20.1 Å². The molecule has 0 fully saturated rings. The topological polar surface area (TPSA) is 95.3 Å². The van der Waals surface area contributed by atoms with Gasteiger partial charge in [0, 0.05) is 7.05 Å². The van der Waals surface area contributed by atoms with E-state index in [2.05, 4.69) is 29.2 Å². The Balaban J connectivity index is 1.65. The average Bonchev–Trinajstić information content (AvgIpc) is 3.16. The molecular formula is C24H28N4O4S.